The molecule has 0 spiro atoms. The molecule has 0 saturated heterocycles. The van der Waals surface area contributed by atoms with Gasteiger partial charge in [0.25, 0.3) is 0 Å². The van der Waals surface area contributed by atoms with E-state index in [1.807, 2.05) is 0 Å². The highest BCUT2D eigenvalue weighted by atomic mass is 16.5. The standard InChI is InChI=1S/C13H25N3O2/c1-5-9-17-10-12-16-15-11(18-12)7-6-8-14-13(2,3)4/h14H,5-10H2,1-4H3. The van der Waals surface area contributed by atoms with Gasteiger partial charge in [-0.05, 0) is 40.2 Å². The zero-order valence-electron chi connectivity index (χ0n) is 12.0. The molecule has 18 heavy (non-hydrogen) atoms. The first kappa shape index (κ1) is 15.1. The second-order valence-corrected chi connectivity index (χ2v) is 5.42. The van der Waals surface area contributed by atoms with Crippen LogP contribution in [0.4, 0.5) is 0 Å². The van der Waals surface area contributed by atoms with Gasteiger partial charge < -0.3 is 14.5 Å². The number of hydrogen-bond donors (Lipinski definition) is 1. The highest BCUT2D eigenvalue weighted by Crippen LogP contribution is 2.05. The molecule has 1 aromatic heterocycles. The van der Waals surface area contributed by atoms with Gasteiger partial charge in [-0.25, -0.2) is 0 Å². The van der Waals surface area contributed by atoms with Crippen molar-refractivity contribution in [1.82, 2.24) is 15.5 Å². The van der Waals surface area contributed by atoms with E-state index >= 15 is 0 Å². The maximum absolute atomic E-state index is 5.49. The molecule has 0 aliphatic heterocycles. The van der Waals surface area contributed by atoms with Crippen molar-refractivity contribution in [2.75, 3.05) is 13.2 Å². The van der Waals surface area contributed by atoms with E-state index in [2.05, 4.69) is 43.2 Å². The fraction of sp³-hybridized carbons (Fsp3) is 0.846. The quantitative estimate of drug-likeness (QED) is 0.722. The van der Waals surface area contributed by atoms with Crippen molar-refractivity contribution < 1.29 is 9.15 Å². The number of nitrogens with zero attached hydrogens (tertiary/aromatic N) is 2. The van der Waals surface area contributed by atoms with E-state index in [1.54, 1.807) is 0 Å². The molecule has 0 bridgehead atoms. The second kappa shape index (κ2) is 7.48. The molecule has 0 fully saturated rings. The summed E-state index contributed by atoms with van der Waals surface area (Å²) < 4.78 is 10.8. The van der Waals surface area contributed by atoms with Gasteiger partial charge in [-0.2, -0.15) is 0 Å². The minimum absolute atomic E-state index is 0.161. The molecule has 0 saturated carbocycles. The molecule has 0 aromatic carbocycles. The third kappa shape index (κ3) is 6.71. The number of aromatic nitrogens is 2. The summed E-state index contributed by atoms with van der Waals surface area (Å²) in [5.41, 5.74) is 0.161. The number of aryl methyl sites for hydroxylation is 1. The van der Waals surface area contributed by atoms with Crippen LogP contribution in [0.5, 0.6) is 0 Å². The molecule has 1 rings (SSSR count). The predicted molar refractivity (Wildman–Crippen MR) is 70.3 cm³/mol. The van der Waals surface area contributed by atoms with Crippen molar-refractivity contribution in [2.45, 2.75) is 59.1 Å². The van der Waals surface area contributed by atoms with E-state index in [9.17, 15) is 0 Å². The lowest BCUT2D eigenvalue weighted by molar-refractivity contribution is 0.102. The first-order chi connectivity index (χ1) is 8.51. The second-order valence-electron chi connectivity index (χ2n) is 5.42. The molecule has 1 N–H and O–H groups in total. The first-order valence-corrected chi connectivity index (χ1v) is 6.65. The Morgan fingerprint density at radius 3 is 2.61 bits per heavy atom. The maximum Gasteiger partial charge on any atom is 0.242 e. The molecule has 5 heteroatoms. The Labute approximate surface area is 109 Å². The molecule has 104 valence electrons. The molecule has 0 unspecified atom stereocenters. The van der Waals surface area contributed by atoms with Crippen LogP contribution >= 0.6 is 0 Å². The van der Waals surface area contributed by atoms with Crippen LogP contribution in [0.1, 0.15) is 52.3 Å². The summed E-state index contributed by atoms with van der Waals surface area (Å²) in [6.07, 6.45) is 2.80. The molecule has 1 heterocycles. The van der Waals surface area contributed by atoms with Gasteiger partial charge in [0.05, 0.1) is 0 Å². The lowest BCUT2D eigenvalue weighted by Gasteiger charge is -2.19. The molecule has 1 aromatic rings. The van der Waals surface area contributed by atoms with Crippen LogP contribution in [-0.2, 0) is 17.8 Å². The van der Waals surface area contributed by atoms with Crippen molar-refractivity contribution in [3.8, 4) is 0 Å². The summed E-state index contributed by atoms with van der Waals surface area (Å²) in [5, 5.41) is 11.4. The van der Waals surface area contributed by atoms with Gasteiger partial charge in [0.2, 0.25) is 11.8 Å². The summed E-state index contributed by atoms with van der Waals surface area (Å²) in [5.74, 6) is 1.27. The third-order valence-corrected chi connectivity index (χ3v) is 2.31. The summed E-state index contributed by atoms with van der Waals surface area (Å²) in [4.78, 5) is 0. The zero-order valence-corrected chi connectivity index (χ0v) is 12.0. The Morgan fingerprint density at radius 2 is 1.94 bits per heavy atom. The van der Waals surface area contributed by atoms with Crippen LogP contribution in [-0.4, -0.2) is 28.9 Å². The summed E-state index contributed by atoms with van der Waals surface area (Å²) >= 11 is 0. The summed E-state index contributed by atoms with van der Waals surface area (Å²) in [6.45, 7) is 10.6. The van der Waals surface area contributed by atoms with Crippen LogP contribution < -0.4 is 5.32 Å². The molecule has 0 atom stereocenters. The van der Waals surface area contributed by atoms with Gasteiger partial charge >= 0.3 is 0 Å². The van der Waals surface area contributed by atoms with Crippen LogP contribution in [0.2, 0.25) is 0 Å². The minimum atomic E-state index is 0.161. The average molecular weight is 255 g/mol. The topological polar surface area (TPSA) is 60.2 Å². The lowest BCUT2D eigenvalue weighted by Crippen LogP contribution is -2.36. The number of hydrogen-bond acceptors (Lipinski definition) is 5. The van der Waals surface area contributed by atoms with Crippen LogP contribution in [0, 0.1) is 0 Å². The third-order valence-electron chi connectivity index (χ3n) is 2.31. The molecule has 0 aliphatic carbocycles. The SMILES string of the molecule is CCCOCc1nnc(CCCNC(C)(C)C)o1. The van der Waals surface area contributed by atoms with Crippen molar-refractivity contribution in [2.24, 2.45) is 0 Å². The number of ether oxygens (including phenoxy) is 1. The minimum Gasteiger partial charge on any atom is -0.423 e. The van der Waals surface area contributed by atoms with Crippen LogP contribution in [0.15, 0.2) is 4.42 Å². The van der Waals surface area contributed by atoms with Crippen molar-refractivity contribution in [3.05, 3.63) is 11.8 Å². The monoisotopic (exact) mass is 255 g/mol. The van der Waals surface area contributed by atoms with E-state index < -0.39 is 0 Å². The fourth-order valence-electron chi connectivity index (χ4n) is 1.45. The van der Waals surface area contributed by atoms with Gasteiger partial charge in [-0.15, -0.1) is 10.2 Å². The van der Waals surface area contributed by atoms with E-state index in [0.29, 0.717) is 18.4 Å². The summed E-state index contributed by atoms with van der Waals surface area (Å²) in [7, 11) is 0. The van der Waals surface area contributed by atoms with Gasteiger partial charge in [-0.3, -0.25) is 0 Å². The highest BCUT2D eigenvalue weighted by Gasteiger charge is 2.09. The molecular formula is C13H25N3O2. The van der Waals surface area contributed by atoms with Gasteiger partial charge in [0.15, 0.2) is 0 Å². The van der Waals surface area contributed by atoms with E-state index in [1.165, 1.54) is 0 Å². The smallest absolute Gasteiger partial charge is 0.242 e. The molecule has 0 amide bonds. The Balaban J connectivity index is 2.19. The van der Waals surface area contributed by atoms with Crippen LogP contribution in [0.3, 0.4) is 0 Å². The Morgan fingerprint density at radius 1 is 1.22 bits per heavy atom. The fourth-order valence-corrected chi connectivity index (χ4v) is 1.45. The normalized spacial score (nSPS) is 12.0. The van der Waals surface area contributed by atoms with E-state index in [0.717, 1.165) is 32.4 Å². The van der Waals surface area contributed by atoms with Gasteiger partial charge in [-0.1, -0.05) is 6.92 Å². The maximum atomic E-state index is 5.49. The zero-order chi connectivity index (χ0) is 13.4. The number of rotatable bonds is 8. The Bertz CT molecular complexity index is 331. The average Bonchev–Trinajstić information content (AvgIpc) is 2.72. The van der Waals surface area contributed by atoms with Crippen LogP contribution in [0.25, 0.3) is 0 Å². The van der Waals surface area contributed by atoms with Gasteiger partial charge in [0.1, 0.15) is 6.61 Å². The highest BCUT2D eigenvalue weighted by molar-refractivity contribution is 4.81. The predicted octanol–water partition coefficient (Wildman–Crippen LogP) is 2.32. The molecule has 0 radical (unpaired) electrons. The molecule has 5 nitrogen and oxygen atoms in total. The van der Waals surface area contributed by atoms with Crippen molar-refractivity contribution in [1.29, 1.82) is 0 Å². The van der Waals surface area contributed by atoms with Gasteiger partial charge in [0, 0.05) is 18.6 Å². The summed E-state index contributed by atoms with van der Waals surface area (Å²) in [6, 6.07) is 0. The Hall–Kier alpha value is -0.940. The largest absolute Gasteiger partial charge is 0.423 e. The Kier molecular flexibility index (Phi) is 6.29. The number of nitrogens with one attached hydrogen (secondary N) is 1. The van der Waals surface area contributed by atoms with E-state index in [4.69, 9.17) is 9.15 Å². The van der Waals surface area contributed by atoms with E-state index in [-0.39, 0.29) is 5.54 Å². The van der Waals surface area contributed by atoms with Crippen molar-refractivity contribution >= 4 is 0 Å². The molecular weight excluding hydrogens is 230 g/mol. The molecule has 0 aliphatic rings. The van der Waals surface area contributed by atoms with Crippen molar-refractivity contribution in [3.63, 3.8) is 0 Å². The lowest BCUT2D eigenvalue weighted by atomic mass is 10.1. The first-order valence-electron chi connectivity index (χ1n) is 6.65.